The van der Waals surface area contributed by atoms with Crippen molar-refractivity contribution in [2.24, 2.45) is 11.8 Å². The maximum atomic E-state index is 14.1. The Balaban J connectivity index is 1.15. The van der Waals surface area contributed by atoms with Gasteiger partial charge in [-0.3, -0.25) is 9.59 Å². The molecule has 0 aromatic heterocycles. The number of halogens is 1. The number of imide groups is 1. The highest BCUT2D eigenvalue weighted by molar-refractivity contribution is 9.09. The molecule has 0 saturated carbocycles. The van der Waals surface area contributed by atoms with Crippen molar-refractivity contribution in [2.45, 2.75) is 68.5 Å². The van der Waals surface area contributed by atoms with Gasteiger partial charge >= 0.3 is 5.97 Å². The third-order valence-corrected chi connectivity index (χ3v) is 10.5. The van der Waals surface area contributed by atoms with Gasteiger partial charge in [0.15, 0.2) is 0 Å². The quantitative estimate of drug-likeness (QED) is 0.0954. The van der Waals surface area contributed by atoms with Crippen LogP contribution < -0.4 is 4.90 Å². The van der Waals surface area contributed by atoms with Crippen molar-refractivity contribution in [3.8, 4) is 0 Å². The van der Waals surface area contributed by atoms with E-state index in [4.69, 9.17) is 4.74 Å². The first kappa shape index (κ1) is 27.9. The summed E-state index contributed by atoms with van der Waals surface area (Å²) in [4.78, 5) is 42.0. The molecule has 3 aromatic rings. The van der Waals surface area contributed by atoms with Crippen molar-refractivity contribution in [3.05, 3.63) is 101 Å². The third-order valence-electron chi connectivity index (χ3n) is 9.11. The molecule has 2 amide bonds. The molecule has 0 N–H and O–H groups in total. The van der Waals surface area contributed by atoms with E-state index in [1.807, 2.05) is 24.3 Å². The van der Waals surface area contributed by atoms with Gasteiger partial charge in [0.1, 0.15) is 0 Å². The van der Waals surface area contributed by atoms with Crippen LogP contribution in [0.15, 0.2) is 72.8 Å². The van der Waals surface area contributed by atoms with Gasteiger partial charge in [0, 0.05) is 5.92 Å². The fourth-order valence-electron chi connectivity index (χ4n) is 7.16. The molecule has 1 heterocycles. The van der Waals surface area contributed by atoms with Crippen molar-refractivity contribution in [1.29, 1.82) is 0 Å². The fraction of sp³-hybridized carbons (Fsp3) is 0.400. The molecule has 3 aliphatic carbocycles. The topological polar surface area (TPSA) is 63.7 Å². The van der Waals surface area contributed by atoms with E-state index in [9.17, 15) is 14.4 Å². The van der Waals surface area contributed by atoms with Gasteiger partial charge in [-0.2, -0.15) is 0 Å². The number of anilines is 1. The molecule has 2 bridgehead atoms. The summed E-state index contributed by atoms with van der Waals surface area (Å²) in [6, 6.07) is 22.9. The van der Waals surface area contributed by atoms with Crippen LogP contribution in [0.5, 0.6) is 0 Å². The SMILES string of the molecule is CCCCCCCCCCOC(=O)c1ccc(N2C(=O)[C@@H]3C4c5ccccc5C(Br)(c5ccccc54)[C@@H]3C2=O)cc1. The van der Waals surface area contributed by atoms with Gasteiger partial charge in [0.25, 0.3) is 0 Å². The highest BCUT2D eigenvalue weighted by atomic mass is 79.9. The molecule has 7 rings (SSSR count). The van der Waals surface area contributed by atoms with E-state index in [1.54, 1.807) is 24.3 Å². The lowest BCUT2D eigenvalue weighted by Gasteiger charge is -2.51. The normalized spacial score (nSPS) is 23.8. The molecule has 41 heavy (non-hydrogen) atoms. The van der Waals surface area contributed by atoms with Crippen LogP contribution in [-0.2, 0) is 18.7 Å². The monoisotopic (exact) mass is 613 g/mol. The van der Waals surface area contributed by atoms with Crippen LogP contribution in [0.1, 0.15) is 96.8 Å². The number of esters is 1. The number of hydrogen-bond acceptors (Lipinski definition) is 4. The molecule has 1 aliphatic heterocycles. The molecule has 0 spiro atoms. The molecule has 0 unspecified atom stereocenters. The Morgan fingerprint density at radius 2 is 1.34 bits per heavy atom. The van der Waals surface area contributed by atoms with Gasteiger partial charge in [-0.05, 0) is 52.9 Å². The molecule has 1 fully saturated rings. The summed E-state index contributed by atoms with van der Waals surface area (Å²) in [6.45, 7) is 2.62. The minimum atomic E-state index is -0.777. The first-order valence-corrected chi connectivity index (χ1v) is 15.8. The second kappa shape index (κ2) is 11.6. The van der Waals surface area contributed by atoms with E-state index in [0.717, 1.165) is 35.1 Å². The number of ether oxygens (including phenoxy) is 1. The zero-order valence-corrected chi connectivity index (χ0v) is 25.1. The summed E-state index contributed by atoms with van der Waals surface area (Å²) in [5.41, 5.74) is 5.22. The number of hydrogen-bond donors (Lipinski definition) is 0. The lowest BCUT2D eigenvalue weighted by molar-refractivity contribution is -0.122. The van der Waals surface area contributed by atoms with Gasteiger partial charge in [-0.15, -0.1) is 0 Å². The van der Waals surface area contributed by atoms with E-state index in [1.165, 1.54) is 43.4 Å². The van der Waals surface area contributed by atoms with Crippen LogP contribution in [-0.4, -0.2) is 24.4 Å². The van der Waals surface area contributed by atoms with Gasteiger partial charge in [0.2, 0.25) is 11.8 Å². The summed E-state index contributed by atoms with van der Waals surface area (Å²) in [6.07, 6.45) is 9.46. The van der Waals surface area contributed by atoms with E-state index in [-0.39, 0.29) is 23.7 Å². The number of alkyl halides is 1. The van der Waals surface area contributed by atoms with Gasteiger partial charge in [-0.1, -0.05) is 116 Å². The van der Waals surface area contributed by atoms with Gasteiger partial charge in [0.05, 0.1) is 34.0 Å². The second-order valence-electron chi connectivity index (χ2n) is 11.5. The molecule has 0 radical (unpaired) electrons. The number of unbranched alkanes of at least 4 members (excludes halogenated alkanes) is 7. The fourth-order valence-corrected chi connectivity index (χ4v) is 8.37. The number of rotatable bonds is 11. The average Bonchev–Trinajstić information content (AvgIpc) is 3.27. The van der Waals surface area contributed by atoms with Crippen molar-refractivity contribution in [2.75, 3.05) is 11.5 Å². The third kappa shape index (κ3) is 4.64. The number of amides is 2. The minimum absolute atomic E-state index is 0.182. The number of carbonyl (C=O) groups is 3. The Morgan fingerprint density at radius 3 is 1.95 bits per heavy atom. The molecule has 3 aromatic carbocycles. The van der Waals surface area contributed by atoms with Crippen LogP contribution in [0.3, 0.4) is 0 Å². The molecular formula is C35H36BrNO4. The lowest BCUT2D eigenvalue weighted by Crippen LogP contribution is -2.50. The summed E-state index contributed by atoms with van der Waals surface area (Å²) in [5.74, 6) is -2.02. The maximum Gasteiger partial charge on any atom is 0.338 e. The standard InChI is InChI=1S/C35H36BrNO4/c1-2-3-4-5-6-7-8-13-22-41-34(40)23-18-20-24(21-19-23)37-32(38)30-29-25-14-9-11-16-27(25)35(36,31(30)33(37)39)28-17-12-10-15-26(28)29/h9-12,14-21,29-31H,2-8,13,22H2,1H3/t29?,30-,31+,35?/m1/s1. The Bertz CT molecular complexity index is 1420. The highest BCUT2D eigenvalue weighted by Gasteiger charge is 2.67. The molecule has 1 saturated heterocycles. The largest absolute Gasteiger partial charge is 0.462 e. The highest BCUT2D eigenvalue weighted by Crippen LogP contribution is 2.66. The Hall–Kier alpha value is -3.25. The molecule has 4 aliphatic rings. The van der Waals surface area contributed by atoms with Crippen LogP contribution in [0.4, 0.5) is 5.69 Å². The van der Waals surface area contributed by atoms with Crippen LogP contribution in [0.2, 0.25) is 0 Å². The summed E-state index contributed by atoms with van der Waals surface area (Å²) >= 11 is 4.03. The number of nitrogens with zero attached hydrogens (tertiary/aromatic N) is 1. The molecule has 5 nitrogen and oxygen atoms in total. The zero-order chi connectivity index (χ0) is 28.6. The summed E-state index contributed by atoms with van der Waals surface area (Å²) in [5, 5.41) is 0. The van der Waals surface area contributed by atoms with Gasteiger partial charge < -0.3 is 4.74 Å². The van der Waals surface area contributed by atoms with E-state index in [2.05, 4.69) is 47.1 Å². The Morgan fingerprint density at radius 1 is 0.780 bits per heavy atom. The number of carbonyl (C=O) groups excluding carboxylic acids is 3. The first-order valence-electron chi connectivity index (χ1n) is 15.0. The van der Waals surface area contributed by atoms with Crippen molar-refractivity contribution in [3.63, 3.8) is 0 Å². The zero-order valence-electron chi connectivity index (χ0n) is 23.5. The average molecular weight is 615 g/mol. The Kier molecular flexibility index (Phi) is 7.86. The summed E-state index contributed by atoms with van der Waals surface area (Å²) in [7, 11) is 0. The lowest BCUT2D eigenvalue weighted by atomic mass is 9.55. The van der Waals surface area contributed by atoms with Crippen LogP contribution in [0.25, 0.3) is 0 Å². The van der Waals surface area contributed by atoms with Crippen LogP contribution in [0, 0.1) is 11.8 Å². The molecule has 6 heteroatoms. The van der Waals surface area contributed by atoms with Crippen molar-refractivity contribution >= 4 is 39.4 Å². The van der Waals surface area contributed by atoms with Gasteiger partial charge in [-0.25, -0.2) is 9.69 Å². The van der Waals surface area contributed by atoms with Crippen molar-refractivity contribution < 1.29 is 19.1 Å². The predicted octanol–water partition coefficient (Wildman–Crippen LogP) is 7.89. The predicted molar refractivity (Wildman–Crippen MR) is 163 cm³/mol. The molecule has 212 valence electrons. The Labute approximate surface area is 250 Å². The molecule has 2 atom stereocenters. The van der Waals surface area contributed by atoms with E-state index >= 15 is 0 Å². The summed E-state index contributed by atoms with van der Waals surface area (Å²) < 4.78 is 4.71. The minimum Gasteiger partial charge on any atom is -0.462 e. The van der Waals surface area contributed by atoms with E-state index in [0.29, 0.717) is 17.9 Å². The van der Waals surface area contributed by atoms with Crippen LogP contribution >= 0.6 is 15.9 Å². The second-order valence-corrected chi connectivity index (χ2v) is 12.8. The van der Waals surface area contributed by atoms with Crippen molar-refractivity contribution in [1.82, 2.24) is 0 Å². The molecular weight excluding hydrogens is 578 g/mol. The maximum absolute atomic E-state index is 14.1. The first-order chi connectivity index (χ1) is 20.0. The number of benzene rings is 3. The van der Waals surface area contributed by atoms with E-state index < -0.39 is 16.2 Å². The smallest absolute Gasteiger partial charge is 0.338 e.